The molecule has 0 unspecified atom stereocenters. The number of hydrogen-bond acceptors (Lipinski definition) is 2. The second-order valence-electron chi connectivity index (χ2n) is 2.71. The topological polar surface area (TPSA) is 27.1 Å². The van der Waals surface area contributed by atoms with Gasteiger partial charge in [-0.15, -0.1) is 0 Å². The molecule has 1 rings (SSSR count). The van der Waals surface area contributed by atoms with Gasteiger partial charge in [0.15, 0.2) is 0 Å². The van der Waals surface area contributed by atoms with Gasteiger partial charge in [0.1, 0.15) is 9.21 Å². The number of ether oxygens (including phenoxy) is 1. The Hall–Kier alpha value is 0.130. The monoisotopic (exact) mass is 310 g/mol. The van der Waals surface area contributed by atoms with E-state index >= 15 is 0 Å². The lowest BCUT2D eigenvalue weighted by Gasteiger charge is -2.02. The van der Waals surface area contributed by atoms with Crippen molar-refractivity contribution in [2.45, 2.75) is 19.4 Å². The van der Waals surface area contributed by atoms with Crippen molar-refractivity contribution in [3.63, 3.8) is 0 Å². The summed E-state index contributed by atoms with van der Waals surface area (Å²) in [4.78, 5) is 0. The minimum absolute atomic E-state index is 0.820. The van der Waals surface area contributed by atoms with Crippen molar-refractivity contribution in [3.8, 4) is 0 Å². The molecule has 1 heterocycles. The van der Waals surface area contributed by atoms with Crippen LogP contribution in [0, 0.1) is 0 Å². The van der Waals surface area contributed by atoms with E-state index < -0.39 is 0 Å². The lowest BCUT2D eigenvalue weighted by Crippen LogP contribution is -2.01. The van der Waals surface area contributed by atoms with Crippen LogP contribution in [-0.2, 0) is 11.3 Å². The fourth-order valence-corrected chi connectivity index (χ4v) is 2.22. The van der Waals surface area contributed by atoms with Gasteiger partial charge in [-0.1, -0.05) is 0 Å². The van der Waals surface area contributed by atoms with Crippen molar-refractivity contribution in [1.29, 1.82) is 0 Å². The average Bonchev–Trinajstić information content (AvgIpc) is 2.39. The summed E-state index contributed by atoms with van der Waals surface area (Å²) < 4.78 is 8.77. The molecule has 0 atom stereocenters. The van der Waals surface area contributed by atoms with Crippen LogP contribution in [0.1, 0.15) is 12.8 Å². The van der Waals surface area contributed by atoms with Gasteiger partial charge in [0.2, 0.25) is 0 Å². The van der Waals surface area contributed by atoms with Gasteiger partial charge in [-0.05, 0) is 44.7 Å². The Kier molecular flexibility index (Phi) is 4.98. The normalized spacial score (nSPS) is 10.7. The molecule has 0 spiro atoms. The Labute approximate surface area is 94.7 Å². The van der Waals surface area contributed by atoms with Crippen LogP contribution < -0.4 is 0 Å². The third-order valence-corrected chi connectivity index (χ3v) is 2.70. The van der Waals surface area contributed by atoms with Crippen LogP contribution in [0.3, 0.4) is 0 Å². The van der Waals surface area contributed by atoms with Crippen molar-refractivity contribution in [3.05, 3.63) is 15.3 Å². The van der Waals surface area contributed by atoms with E-state index in [4.69, 9.17) is 4.74 Å². The summed E-state index contributed by atoms with van der Waals surface area (Å²) in [7, 11) is 1.72. The predicted molar refractivity (Wildman–Crippen MR) is 58.7 cm³/mol. The zero-order chi connectivity index (χ0) is 9.68. The highest BCUT2D eigenvalue weighted by atomic mass is 79.9. The SMILES string of the molecule is COCCCCn1nc(Br)cc1Br. The summed E-state index contributed by atoms with van der Waals surface area (Å²) in [6.07, 6.45) is 2.15. The molecule has 0 aliphatic carbocycles. The fourth-order valence-electron chi connectivity index (χ4n) is 1.03. The van der Waals surface area contributed by atoms with Crippen LogP contribution in [0.5, 0.6) is 0 Å². The van der Waals surface area contributed by atoms with Gasteiger partial charge >= 0.3 is 0 Å². The minimum Gasteiger partial charge on any atom is -0.385 e. The van der Waals surface area contributed by atoms with E-state index in [9.17, 15) is 0 Å². The molecule has 0 amide bonds. The molecule has 1 aromatic heterocycles. The van der Waals surface area contributed by atoms with E-state index in [2.05, 4.69) is 37.0 Å². The molecule has 5 heteroatoms. The predicted octanol–water partition coefficient (Wildman–Crippen LogP) is 2.83. The third-order valence-electron chi connectivity index (χ3n) is 1.67. The highest BCUT2D eigenvalue weighted by Gasteiger charge is 2.01. The quantitative estimate of drug-likeness (QED) is 0.782. The Morgan fingerprint density at radius 1 is 1.46 bits per heavy atom. The molecule has 0 aliphatic heterocycles. The maximum atomic E-state index is 4.96. The highest BCUT2D eigenvalue weighted by molar-refractivity contribution is 9.11. The molecule has 13 heavy (non-hydrogen) atoms. The lowest BCUT2D eigenvalue weighted by molar-refractivity contribution is 0.191. The number of rotatable bonds is 5. The minimum atomic E-state index is 0.820. The van der Waals surface area contributed by atoms with Crippen molar-refractivity contribution in [2.75, 3.05) is 13.7 Å². The van der Waals surface area contributed by atoms with Crippen LogP contribution in [0.2, 0.25) is 0 Å². The first-order valence-electron chi connectivity index (χ1n) is 4.12. The standard InChI is InChI=1S/C8H12Br2N2O/c1-13-5-3-2-4-12-8(10)6-7(9)11-12/h6H,2-5H2,1H3. The first kappa shape index (κ1) is 11.2. The van der Waals surface area contributed by atoms with Crippen LogP contribution in [0.25, 0.3) is 0 Å². The van der Waals surface area contributed by atoms with E-state index in [0.717, 1.165) is 35.2 Å². The number of methoxy groups -OCH3 is 1. The van der Waals surface area contributed by atoms with Gasteiger partial charge in [0, 0.05) is 26.3 Å². The second-order valence-corrected chi connectivity index (χ2v) is 4.34. The van der Waals surface area contributed by atoms with Crippen molar-refractivity contribution < 1.29 is 4.74 Å². The maximum Gasteiger partial charge on any atom is 0.129 e. The van der Waals surface area contributed by atoms with Gasteiger partial charge in [0.05, 0.1) is 0 Å². The molecule has 0 fully saturated rings. The molecule has 0 saturated heterocycles. The zero-order valence-corrected chi connectivity index (χ0v) is 10.6. The van der Waals surface area contributed by atoms with E-state index in [0.29, 0.717) is 0 Å². The molecule has 74 valence electrons. The van der Waals surface area contributed by atoms with Gasteiger partial charge in [0.25, 0.3) is 0 Å². The van der Waals surface area contributed by atoms with Gasteiger partial charge in [-0.25, -0.2) is 0 Å². The Morgan fingerprint density at radius 3 is 2.77 bits per heavy atom. The highest BCUT2D eigenvalue weighted by Crippen LogP contribution is 2.16. The largest absolute Gasteiger partial charge is 0.385 e. The van der Waals surface area contributed by atoms with Crippen molar-refractivity contribution in [1.82, 2.24) is 9.78 Å². The van der Waals surface area contributed by atoms with E-state index in [-0.39, 0.29) is 0 Å². The Morgan fingerprint density at radius 2 is 2.23 bits per heavy atom. The molecule has 0 N–H and O–H groups in total. The molecule has 1 aromatic rings. The van der Waals surface area contributed by atoms with Gasteiger partial charge in [-0.3, -0.25) is 4.68 Å². The van der Waals surface area contributed by atoms with Crippen LogP contribution in [0.15, 0.2) is 15.3 Å². The van der Waals surface area contributed by atoms with Crippen molar-refractivity contribution in [2.24, 2.45) is 0 Å². The van der Waals surface area contributed by atoms with Crippen LogP contribution in [0.4, 0.5) is 0 Å². The average molecular weight is 312 g/mol. The summed E-state index contributed by atoms with van der Waals surface area (Å²) in [5.41, 5.74) is 0. The molecular weight excluding hydrogens is 300 g/mol. The number of aryl methyl sites for hydroxylation is 1. The fraction of sp³-hybridized carbons (Fsp3) is 0.625. The Bertz CT molecular complexity index is 263. The number of hydrogen-bond donors (Lipinski definition) is 0. The maximum absolute atomic E-state index is 4.96. The first-order valence-corrected chi connectivity index (χ1v) is 5.70. The van der Waals surface area contributed by atoms with Gasteiger partial charge in [-0.2, -0.15) is 5.10 Å². The molecule has 0 radical (unpaired) electrons. The van der Waals surface area contributed by atoms with Crippen LogP contribution >= 0.6 is 31.9 Å². The molecule has 0 aromatic carbocycles. The van der Waals surface area contributed by atoms with E-state index in [1.807, 2.05) is 10.7 Å². The van der Waals surface area contributed by atoms with Gasteiger partial charge < -0.3 is 4.74 Å². The third kappa shape index (κ3) is 3.79. The molecular formula is C8H12Br2N2O. The summed E-state index contributed by atoms with van der Waals surface area (Å²) in [6, 6.07) is 1.94. The summed E-state index contributed by atoms with van der Waals surface area (Å²) >= 11 is 6.74. The number of halogens is 2. The number of nitrogens with zero attached hydrogens (tertiary/aromatic N) is 2. The smallest absolute Gasteiger partial charge is 0.129 e. The zero-order valence-electron chi connectivity index (χ0n) is 7.46. The van der Waals surface area contributed by atoms with E-state index in [1.165, 1.54) is 0 Å². The molecule has 0 saturated carbocycles. The Balaban J connectivity index is 2.32. The molecule has 3 nitrogen and oxygen atoms in total. The van der Waals surface area contributed by atoms with Crippen LogP contribution in [-0.4, -0.2) is 23.5 Å². The summed E-state index contributed by atoms with van der Waals surface area (Å²) in [5.74, 6) is 0. The van der Waals surface area contributed by atoms with E-state index in [1.54, 1.807) is 7.11 Å². The number of aromatic nitrogens is 2. The lowest BCUT2D eigenvalue weighted by atomic mass is 10.3. The molecule has 0 aliphatic rings. The number of unbranched alkanes of at least 4 members (excludes halogenated alkanes) is 1. The summed E-state index contributed by atoms with van der Waals surface area (Å²) in [5, 5.41) is 4.25. The summed E-state index contributed by atoms with van der Waals surface area (Å²) in [6.45, 7) is 1.75. The first-order chi connectivity index (χ1) is 6.24. The molecule has 0 bridgehead atoms. The van der Waals surface area contributed by atoms with Crippen molar-refractivity contribution >= 4 is 31.9 Å². The second kappa shape index (κ2) is 5.78.